The maximum Gasteiger partial charge on any atom is 0.416 e. The number of carbonyl (C=O) groups is 1. The molecule has 0 saturated carbocycles. The summed E-state index contributed by atoms with van der Waals surface area (Å²) in [5.74, 6) is -0.761. The van der Waals surface area contributed by atoms with E-state index in [-0.39, 0.29) is 6.61 Å². The maximum absolute atomic E-state index is 12.7. The van der Waals surface area contributed by atoms with Crippen molar-refractivity contribution in [2.24, 2.45) is 5.16 Å². The number of rotatable bonds is 8. The average molecular weight is 432 g/mol. The predicted molar refractivity (Wildman–Crippen MR) is 108 cm³/mol. The first-order chi connectivity index (χ1) is 14.8. The van der Waals surface area contributed by atoms with Crippen molar-refractivity contribution in [2.75, 3.05) is 6.61 Å². The molecule has 0 unspecified atom stereocenters. The molecule has 0 aliphatic carbocycles. The van der Waals surface area contributed by atoms with Gasteiger partial charge in [-0.1, -0.05) is 30.3 Å². The summed E-state index contributed by atoms with van der Waals surface area (Å²) in [6.45, 7) is 1.41. The highest BCUT2D eigenvalue weighted by atomic mass is 19.4. The second-order valence-corrected chi connectivity index (χ2v) is 6.55. The van der Waals surface area contributed by atoms with Gasteiger partial charge < -0.3 is 14.7 Å². The zero-order chi connectivity index (χ0) is 22.4. The number of hydrogen-bond donors (Lipinski definition) is 1. The number of nitrogens with zero attached hydrogens (tertiary/aromatic N) is 2. The van der Waals surface area contributed by atoms with Gasteiger partial charge in [-0.2, -0.15) is 13.2 Å². The van der Waals surface area contributed by atoms with E-state index in [1.807, 2.05) is 13.0 Å². The lowest BCUT2D eigenvalue weighted by Crippen LogP contribution is -2.10. The molecule has 0 bridgehead atoms. The normalized spacial score (nSPS) is 12.1. The Morgan fingerprint density at radius 3 is 2.52 bits per heavy atom. The van der Waals surface area contributed by atoms with Gasteiger partial charge in [0.15, 0.2) is 6.61 Å². The Balaban J connectivity index is 1.81. The van der Waals surface area contributed by atoms with Gasteiger partial charge in [-0.25, -0.2) is 4.79 Å². The fourth-order valence-electron chi connectivity index (χ4n) is 2.93. The molecule has 0 aliphatic rings. The van der Waals surface area contributed by atoms with Gasteiger partial charge in [0.2, 0.25) is 0 Å². The highest BCUT2D eigenvalue weighted by molar-refractivity contribution is 6.11. The Bertz CT molecular complexity index is 1100. The van der Waals surface area contributed by atoms with Gasteiger partial charge in [0.1, 0.15) is 17.9 Å². The monoisotopic (exact) mass is 432 g/mol. The van der Waals surface area contributed by atoms with Crippen LogP contribution in [0, 0.1) is 0 Å². The van der Waals surface area contributed by atoms with Crippen LogP contribution in [-0.2, 0) is 22.4 Å². The molecule has 0 spiro atoms. The van der Waals surface area contributed by atoms with Crippen LogP contribution in [-0.4, -0.2) is 28.4 Å². The van der Waals surface area contributed by atoms with E-state index in [1.165, 1.54) is 12.1 Å². The van der Waals surface area contributed by atoms with E-state index >= 15 is 0 Å². The third-order valence-electron chi connectivity index (χ3n) is 4.42. The predicted octanol–water partition coefficient (Wildman–Crippen LogP) is 5.05. The highest BCUT2D eigenvalue weighted by Gasteiger charge is 2.29. The second kappa shape index (κ2) is 9.46. The van der Waals surface area contributed by atoms with Gasteiger partial charge in [0, 0.05) is 17.1 Å². The van der Waals surface area contributed by atoms with Crippen molar-refractivity contribution in [2.45, 2.75) is 26.1 Å². The van der Waals surface area contributed by atoms with Gasteiger partial charge in [-0.15, -0.1) is 0 Å². The number of hydrogen-bond acceptors (Lipinski definition) is 5. The van der Waals surface area contributed by atoms with Crippen LogP contribution in [0.4, 0.5) is 13.2 Å². The van der Waals surface area contributed by atoms with E-state index in [0.29, 0.717) is 34.3 Å². The number of fused-ring (bicyclic) bond motifs is 1. The molecule has 1 N–H and O–H groups in total. The van der Waals surface area contributed by atoms with Crippen molar-refractivity contribution in [3.05, 3.63) is 71.4 Å². The summed E-state index contributed by atoms with van der Waals surface area (Å²) in [5, 5.41) is 13.7. The minimum atomic E-state index is -4.39. The standard InChI is InChI=1S/C22H19F3N2O4/c1-2-18(27-31-12-14-5-7-15(8-6-14)22(23,24)25)16-9-10-19(30-13-20(28)29)21-17(16)4-3-11-26-21/h3-11H,2,12-13H2,1H3,(H,28,29)/b27-18+. The highest BCUT2D eigenvalue weighted by Crippen LogP contribution is 2.30. The zero-order valence-electron chi connectivity index (χ0n) is 16.5. The van der Waals surface area contributed by atoms with Crippen LogP contribution >= 0.6 is 0 Å². The Kier molecular flexibility index (Phi) is 6.74. The number of aliphatic carboxylic acids is 1. The Morgan fingerprint density at radius 2 is 1.87 bits per heavy atom. The average Bonchev–Trinajstić information content (AvgIpc) is 2.75. The van der Waals surface area contributed by atoms with E-state index in [0.717, 1.165) is 17.7 Å². The van der Waals surface area contributed by atoms with Gasteiger partial charge in [-0.05, 0) is 42.3 Å². The number of halogens is 3. The minimum absolute atomic E-state index is 0.0115. The van der Waals surface area contributed by atoms with E-state index < -0.39 is 24.3 Å². The molecule has 9 heteroatoms. The summed E-state index contributed by atoms with van der Waals surface area (Å²) in [5.41, 5.74) is 1.66. The van der Waals surface area contributed by atoms with E-state index in [9.17, 15) is 18.0 Å². The first-order valence-electron chi connectivity index (χ1n) is 9.37. The molecule has 3 rings (SSSR count). The molecule has 2 aromatic carbocycles. The van der Waals surface area contributed by atoms with Crippen LogP contribution in [0.5, 0.6) is 5.75 Å². The maximum atomic E-state index is 12.7. The number of carboxylic acids is 1. The van der Waals surface area contributed by atoms with Gasteiger partial charge in [0.25, 0.3) is 0 Å². The summed E-state index contributed by atoms with van der Waals surface area (Å²) < 4.78 is 43.3. The molecule has 6 nitrogen and oxygen atoms in total. The van der Waals surface area contributed by atoms with E-state index in [4.69, 9.17) is 14.7 Å². The topological polar surface area (TPSA) is 81.0 Å². The van der Waals surface area contributed by atoms with Crippen LogP contribution < -0.4 is 4.74 Å². The van der Waals surface area contributed by atoms with Gasteiger partial charge in [0.05, 0.1) is 11.3 Å². The molecule has 0 amide bonds. The Morgan fingerprint density at radius 1 is 1.13 bits per heavy atom. The number of benzene rings is 2. The smallest absolute Gasteiger partial charge is 0.416 e. The molecule has 0 saturated heterocycles. The number of alkyl halides is 3. The van der Waals surface area contributed by atoms with Crippen molar-refractivity contribution in [1.29, 1.82) is 0 Å². The lowest BCUT2D eigenvalue weighted by molar-refractivity contribution is -0.139. The van der Waals surface area contributed by atoms with Crippen LogP contribution in [0.3, 0.4) is 0 Å². The molecule has 0 aliphatic heterocycles. The molecule has 31 heavy (non-hydrogen) atoms. The number of oxime groups is 1. The fourth-order valence-corrected chi connectivity index (χ4v) is 2.93. The third-order valence-corrected chi connectivity index (χ3v) is 4.42. The van der Waals surface area contributed by atoms with Crippen LogP contribution in [0.1, 0.15) is 30.0 Å². The molecular formula is C22H19F3N2O4. The summed E-state index contributed by atoms with van der Waals surface area (Å²) >= 11 is 0. The number of carboxylic acid groups (broad SMARTS) is 1. The van der Waals surface area contributed by atoms with Crippen LogP contribution in [0.25, 0.3) is 10.9 Å². The van der Waals surface area contributed by atoms with Crippen molar-refractivity contribution >= 4 is 22.6 Å². The number of pyridine rings is 1. The Labute approximate surface area is 175 Å². The van der Waals surface area contributed by atoms with Crippen molar-refractivity contribution in [1.82, 2.24) is 4.98 Å². The Hall–Kier alpha value is -3.62. The van der Waals surface area contributed by atoms with Gasteiger partial charge >= 0.3 is 12.1 Å². The lowest BCUT2D eigenvalue weighted by Gasteiger charge is -2.12. The SMILES string of the molecule is CC/C(=N\OCc1ccc(C(F)(F)F)cc1)c1ccc(OCC(=O)O)c2ncccc12. The molecule has 1 heterocycles. The van der Waals surface area contributed by atoms with E-state index in [1.54, 1.807) is 24.4 Å². The third kappa shape index (κ3) is 5.50. The zero-order valence-corrected chi connectivity index (χ0v) is 16.5. The molecule has 0 radical (unpaired) electrons. The first kappa shape index (κ1) is 22.1. The molecular weight excluding hydrogens is 413 g/mol. The first-order valence-corrected chi connectivity index (χ1v) is 9.37. The minimum Gasteiger partial charge on any atom is -0.480 e. The second-order valence-electron chi connectivity index (χ2n) is 6.55. The van der Waals surface area contributed by atoms with Crippen molar-refractivity contribution < 1.29 is 32.6 Å². The van der Waals surface area contributed by atoms with Crippen molar-refractivity contribution in [3.8, 4) is 5.75 Å². The van der Waals surface area contributed by atoms with Gasteiger partial charge in [-0.3, -0.25) is 4.98 Å². The largest absolute Gasteiger partial charge is 0.480 e. The van der Waals surface area contributed by atoms with Crippen LogP contribution in [0.15, 0.2) is 59.9 Å². The summed E-state index contributed by atoms with van der Waals surface area (Å²) in [6.07, 6.45) is -2.29. The fraction of sp³-hybridized carbons (Fsp3) is 0.227. The molecule has 3 aromatic rings. The van der Waals surface area contributed by atoms with Crippen LogP contribution in [0.2, 0.25) is 0 Å². The number of ether oxygens (including phenoxy) is 1. The molecule has 0 fully saturated rings. The summed E-state index contributed by atoms with van der Waals surface area (Å²) in [4.78, 5) is 20.5. The summed E-state index contributed by atoms with van der Waals surface area (Å²) in [6, 6.07) is 11.6. The van der Waals surface area contributed by atoms with E-state index in [2.05, 4.69) is 10.1 Å². The quantitative estimate of drug-likeness (QED) is 0.398. The van der Waals surface area contributed by atoms with Crippen molar-refractivity contribution in [3.63, 3.8) is 0 Å². The molecule has 162 valence electrons. The summed E-state index contributed by atoms with van der Waals surface area (Å²) in [7, 11) is 0. The number of aromatic nitrogens is 1. The lowest BCUT2D eigenvalue weighted by atomic mass is 10.0. The molecule has 1 aromatic heterocycles. The molecule has 0 atom stereocenters.